The molecule has 0 spiro atoms. The molecule has 0 saturated carbocycles. The molecule has 1 unspecified atom stereocenters. The first-order valence-corrected chi connectivity index (χ1v) is 9.91. The number of nitriles is 1. The van der Waals surface area contributed by atoms with Crippen molar-refractivity contribution in [2.45, 2.75) is 38.2 Å². The van der Waals surface area contributed by atoms with E-state index in [1.807, 2.05) is 48.5 Å². The molecule has 0 bridgehead atoms. The lowest BCUT2D eigenvalue weighted by Crippen LogP contribution is -2.00. The minimum atomic E-state index is -0.364. The fourth-order valence-electron chi connectivity index (χ4n) is 3.23. The number of nitrogens with one attached hydrogen (secondary N) is 1. The SMILES string of the molecule is CCCCc1nc(C(Cl)c2ccc(-c3ccccc3C#N)cc2)c(COC)[nH]1. The van der Waals surface area contributed by atoms with Crippen molar-refractivity contribution in [3.63, 3.8) is 0 Å². The van der Waals surface area contributed by atoms with Crippen molar-refractivity contribution in [3.8, 4) is 17.2 Å². The summed E-state index contributed by atoms with van der Waals surface area (Å²) in [6.45, 7) is 2.61. The van der Waals surface area contributed by atoms with Gasteiger partial charge in [0.15, 0.2) is 0 Å². The summed E-state index contributed by atoms with van der Waals surface area (Å²) in [6, 6.07) is 17.8. The maximum atomic E-state index is 9.32. The Bertz CT molecular complexity index is 957. The van der Waals surface area contributed by atoms with Gasteiger partial charge in [-0.2, -0.15) is 5.26 Å². The molecule has 1 aromatic heterocycles. The Morgan fingerprint density at radius 3 is 2.61 bits per heavy atom. The molecule has 1 atom stereocenters. The average Bonchev–Trinajstić information content (AvgIpc) is 3.14. The molecule has 0 amide bonds. The van der Waals surface area contributed by atoms with Crippen LogP contribution in [0.3, 0.4) is 0 Å². The van der Waals surface area contributed by atoms with Crippen LogP contribution in [0.1, 0.15) is 53.5 Å². The van der Waals surface area contributed by atoms with Crippen LogP contribution in [0, 0.1) is 11.3 Å². The van der Waals surface area contributed by atoms with Crippen LogP contribution in [0.15, 0.2) is 48.5 Å². The van der Waals surface area contributed by atoms with Crippen LogP contribution < -0.4 is 0 Å². The molecule has 1 heterocycles. The third kappa shape index (κ3) is 4.44. The Morgan fingerprint density at radius 1 is 1.18 bits per heavy atom. The van der Waals surface area contributed by atoms with Gasteiger partial charge in [-0.1, -0.05) is 55.8 Å². The van der Waals surface area contributed by atoms with Gasteiger partial charge in [-0.3, -0.25) is 0 Å². The molecule has 0 fully saturated rings. The first-order valence-electron chi connectivity index (χ1n) is 9.48. The minimum absolute atomic E-state index is 0.364. The number of imidazole rings is 1. The van der Waals surface area contributed by atoms with E-state index in [2.05, 4.69) is 18.0 Å². The molecule has 144 valence electrons. The lowest BCUT2D eigenvalue weighted by Gasteiger charge is -2.11. The Hall–Kier alpha value is -2.61. The zero-order valence-corrected chi connectivity index (χ0v) is 17.0. The summed E-state index contributed by atoms with van der Waals surface area (Å²) in [4.78, 5) is 8.10. The van der Waals surface area contributed by atoms with Gasteiger partial charge in [-0.25, -0.2) is 4.98 Å². The summed E-state index contributed by atoms with van der Waals surface area (Å²) >= 11 is 6.79. The van der Waals surface area contributed by atoms with Gasteiger partial charge in [0.25, 0.3) is 0 Å². The van der Waals surface area contributed by atoms with Gasteiger partial charge in [-0.05, 0) is 29.2 Å². The van der Waals surface area contributed by atoms with Crippen LogP contribution in [0.2, 0.25) is 0 Å². The summed E-state index contributed by atoms with van der Waals surface area (Å²) < 4.78 is 5.31. The maximum Gasteiger partial charge on any atom is 0.106 e. The number of methoxy groups -OCH3 is 1. The Morgan fingerprint density at radius 2 is 1.93 bits per heavy atom. The number of aromatic amines is 1. The van der Waals surface area contributed by atoms with Crippen molar-refractivity contribution < 1.29 is 4.74 Å². The van der Waals surface area contributed by atoms with Crippen molar-refractivity contribution >= 4 is 11.6 Å². The average molecular weight is 394 g/mol. The first-order chi connectivity index (χ1) is 13.7. The highest BCUT2D eigenvalue weighted by molar-refractivity contribution is 6.22. The number of benzene rings is 2. The number of hydrogen-bond donors (Lipinski definition) is 1. The summed E-state index contributed by atoms with van der Waals surface area (Å²) in [5.74, 6) is 0.953. The molecular weight excluding hydrogens is 370 g/mol. The maximum absolute atomic E-state index is 9.32. The first kappa shape index (κ1) is 20.1. The Labute approximate surface area is 171 Å². The Kier molecular flexibility index (Phi) is 6.86. The quantitative estimate of drug-likeness (QED) is 0.494. The van der Waals surface area contributed by atoms with Gasteiger partial charge in [0.2, 0.25) is 0 Å². The predicted molar refractivity (Wildman–Crippen MR) is 112 cm³/mol. The molecule has 3 rings (SSSR count). The second kappa shape index (κ2) is 9.54. The van der Waals surface area contributed by atoms with Gasteiger partial charge in [0, 0.05) is 13.5 Å². The van der Waals surface area contributed by atoms with Crippen LogP contribution >= 0.6 is 11.6 Å². The predicted octanol–water partition coefficient (Wildman–Crippen LogP) is 5.77. The zero-order chi connectivity index (χ0) is 19.9. The highest BCUT2D eigenvalue weighted by atomic mass is 35.5. The van der Waals surface area contributed by atoms with E-state index < -0.39 is 0 Å². The number of unbranched alkanes of at least 4 members (excludes halogenated alkanes) is 1. The highest BCUT2D eigenvalue weighted by Crippen LogP contribution is 2.32. The van der Waals surface area contributed by atoms with E-state index in [9.17, 15) is 5.26 Å². The number of rotatable bonds is 8. The summed E-state index contributed by atoms with van der Waals surface area (Å²) in [6.07, 6.45) is 3.10. The molecule has 1 N–H and O–H groups in total. The highest BCUT2D eigenvalue weighted by Gasteiger charge is 2.20. The second-order valence-corrected chi connectivity index (χ2v) is 7.16. The number of aryl methyl sites for hydroxylation is 1. The fourth-order valence-corrected chi connectivity index (χ4v) is 3.55. The van der Waals surface area contributed by atoms with Gasteiger partial charge >= 0.3 is 0 Å². The van der Waals surface area contributed by atoms with Crippen LogP contribution in [0.4, 0.5) is 0 Å². The number of aromatic nitrogens is 2. The number of hydrogen-bond acceptors (Lipinski definition) is 3. The summed E-state index contributed by atoms with van der Waals surface area (Å²) in [5.41, 5.74) is 5.28. The van der Waals surface area contributed by atoms with Gasteiger partial charge in [-0.15, -0.1) is 11.6 Å². The molecule has 0 radical (unpaired) electrons. The van der Waals surface area contributed by atoms with E-state index >= 15 is 0 Å². The normalized spacial score (nSPS) is 11.9. The third-order valence-corrected chi connectivity index (χ3v) is 5.18. The Balaban J connectivity index is 1.88. The largest absolute Gasteiger partial charge is 0.378 e. The van der Waals surface area contributed by atoms with Crippen LogP contribution in [0.25, 0.3) is 11.1 Å². The number of halogens is 1. The number of H-pyrrole nitrogens is 1. The third-order valence-electron chi connectivity index (χ3n) is 4.72. The van der Waals surface area contributed by atoms with Crippen LogP contribution in [-0.2, 0) is 17.8 Å². The topological polar surface area (TPSA) is 61.7 Å². The lowest BCUT2D eigenvalue weighted by atomic mass is 9.98. The van der Waals surface area contributed by atoms with Crippen molar-refractivity contribution in [1.82, 2.24) is 9.97 Å². The molecule has 0 saturated heterocycles. The molecule has 4 nitrogen and oxygen atoms in total. The summed E-state index contributed by atoms with van der Waals surface area (Å²) in [7, 11) is 1.67. The number of alkyl halides is 1. The van der Waals surface area contributed by atoms with E-state index in [0.29, 0.717) is 12.2 Å². The van der Waals surface area contributed by atoms with Gasteiger partial charge < -0.3 is 9.72 Å². The fraction of sp³-hybridized carbons (Fsp3) is 0.304. The number of ether oxygens (including phenoxy) is 1. The zero-order valence-electron chi connectivity index (χ0n) is 16.2. The second-order valence-electron chi connectivity index (χ2n) is 6.73. The molecule has 2 aromatic carbocycles. The molecule has 3 aromatic rings. The smallest absolute Gasteiger partial charge is 0.106 e. The van der Waals surface area contributed by atoms with Crippen molar-refractivity contribution in [1.29, 1.82) is 5.26 Å². The van der Waals surface area contributed by atoms with Crippen molar-refractivity contribution in [2.24, 2.45) is 0 Å². The molecule has 0 aliphatic heterocycles. The number of nitrogens with zero attached hydrogens (tertiary/aromatic N) is 2. The standard InChI is InChI=1S/C23H24ClN3O/c1-3-4-9-21-26-20(15-28-2)23(27-21)22(24)17-12-10-16(11-13-17)19-8-6-5-7-18(19)14-25/h5-8,10-13,22H,3-4,9,15H2,1-2H3,(H,26,27). The monoisotopic (exact) mass is 393 g/mol. The summed E-state index contributed by atoms with van der Waals surface area (Å²) in [5, 5.41) is 8.96. The molecule has 28 heavy (non-hydrogen) atoms. The molecular formula is C23H24ClN3O. The van der Waals surface area contributed by atoms with E-state index in [1.165, 1.54) is 0 Å². The minimum Gasteiger partial charge on any atom is -0.378 e. The lowest BCUT2D eigenvalue weighted by molar-refractivity contribution is 0.181. The van der Waals surface area contributed by atoms with Gasteiger partial charge in [0.1, 0.15) is 11.2 Å². The van der Waals surface area contributed by atoms with Gasteiger partial charge in [0.05, 0.1) is 29.6 Å². The molecule has 0 aliphatic rings. The van der Waals surface area contributed by atoms with E-state index in [0.717, 1.165) is 53.2 Å². The van der Waals surface area contributed by atoms with Crippen molar-refractivity contribution in [3.05, 3.63) is 76.9 Å². The van der Waals surface area contributed by atoms with Crippen LogP contribution in [-0.4, -0.2) is 17.1 Å². The molecule has 0 aliphatic carbocycles. The van der Waals surface area contributed by atoms with E-state index in [1.54, 1.807) is 7.11 Å². The molecule has 5 heteroatoms. The van der Waals surface area contributed by atoms with Crippen LogP contribution in [0.5, 0.6) is 0 Å². The van der Waals surface area contributed by atoms with E-state index in [4.69, 9.17) is 21.3 Å². The van der Waals surface area contributed by atoms with E-state index in [-0.39, 0.29) is 5.38 Å². The van der Waals surface area contributed by atoms with Crippen molar-refractivity contribution in [2.75, 3.05) is 7.11 Å².